The first kappa shape index (κ1) is 73.5. The van der Waals surface area contributed by atoms with E-state index in [2.05, 4.69) is 24.5 Å². The Bertz CT molecular complexity index is 1590. The van der Waals surface area contributed by atoms with Gasteiger partial charge in [0.05, 0.1) is 38.6 Å². The molecule has 81 heavy (non-hydrogen) atoms. The minimum absolute atomic E-state index is 0.130. The van der Waals surface area contributed by atoms with Gasteiger partial charge in [-0.2, -0.15) is 0 Å². The van der Waals surface area contributed by atoms with E-state index in [1.165, 1.54) is 116 Å². The highest BCUT2D eigenvalue weighted by Crippen LogP contribution is 2.32. The molecule has 0 aromatic carbocycles. The van der Waals surface area contributed by atoms with Crippen LogP contribution < -0.4 is 10.6 Å². The SMILES string of the molecule is CCCCCCCCCCCCCCCCCCCCCC(O)C(=O)NC(COC1OC(COC2OC(CO)C(O)C(O)C2NC(C)=O)C(O)C(O)C1OC1OC(CO)C(O)C(O)C1O)C(O)C(O)CCCCCCCCCCCC. The molecule has 19 unspecified atom stereocenters. The van der Waals surface area contributed by atoms with Crippen molar-refractivity contribution < 1.29 is 99.3 Å². The Hall–Kier alpha value is -1.78. The fraction of sp³-hybridized carbons (Fsp3) is 0.966. The molecule has 3 aliphatic heterocycles. The van der Waals surface area contributed by atoms with Gasteiger partial charge >= 0.3 is 0 Å². The normalized spacial score (nSPS) is 30.4. The van der Waals surface area contributed by atoms with Gasteiger partial charge in [0.1, 0.15) is 85.4 Å². The predicted octanol–water partition coefficient (Wildman–Crippen LogP) is 3.30. The van der Waals surface area contributed by atoms with Crippen molar-refractivity contribution in [3.8, 4) is 0 Å². The summed E-state index contributed by atoms with van der Waals surface area (Å²) in [5.74, 6) is -1.48. The van der Waals surface area contributed by atoms with E-state index in [0.717, 1.165) is 64.7 Å². The smallest absolute Gasteiger partial charge is 0.249 e. The molecule has 3 heterocycles. The third-order valence-corrected chi connectivity index (χ3v) is 16.3. The molecule has 19 atom stereocenters. The van der Waals surface area contributed by atoms with E-state index in [1.807, 2.05) is 0 Å². The van der Waals surface area contributed by atoms with E-state index >= 15 is 0 Å². The lowest BCUT2D eigenvalue weighted by molar-refractivity contribution is -0.371. The minimum Gasteiger partial charge on any atom is -0.394 e. The van der Waals surface area contributed by atoms with Gasteiger partial charge in [0.15, 0.2) is 18.9 Å². The van der Waals surface area contributed by atoms with Crippen LogP contribution in [0.2, 0.25) is 0 Å². The number of unbranched alkanes of at least 4 members (excludes halogenated alkanes) is 27. The number of ether oxygens (including phenoxy) is 6. The second-order valence-electron chi connectivity index (χ2n) is 23.2. The second-order valence-corrected chi connectivity index (χ2v) is 23.2. The number of carbonyl (C=O) groups excluding carboxylic acids is 2. The van der Waals surface area contributed by atoms with E-state index < -0.39 is 155 Å². The number of rotatable bonds is 46. The Morgan fingerprint density at radius 1 is 0.469 bits per heavy atom. The van der Waals surface area contributed by atoms with Crippen LogP contribution in [0.15, 0.2) is 0 Å². The van der Waals surface area contributed by atoms with Crippen molar-refractivity contribution in [1.82, 2.24) is 10.6 Å². The van der Waals surface area contributed by atoms with Gasteiger partial charge in [0, 0.05) is 6.92 Å². The van der Waals surface area contributed by atoms with Gasteiger partial charge in [-0.25, -0.2) is 0 Å². The van der Waals surface area contributed by atoms with Crippen LogP contribution in [0, 0.1) is 0 Å². The fourth-order valence-electron chi connectivity index (χ4n) is 11.0. The fourth-order valence-corrected chi connectivity index (χ4v) is 11.0. The molecule has 14 N–H and O–H groups in total. The van der Waals surface area contributed by atoms with Gasteiger partial charge in [-0.1, -0.05) is 200 Å². The van der Waals surface area contributed by atoms with Crippen LogP contribution in [0.4, 0.5) is 0 Å². The number of aliphatic hydroxyl groups is 12. The monoisotopic (exact) mass is 1170 g/mol. The topological polar surface area (TPSA) is 356 Å². The molecule has 22 nitrogen and oxygen atoms in total. The molecule has 0 aromatic heterocycles. The van der Waals surface area contributed by atoms with Crippen LogP contribution >= 0.6 is 0 Å². The molecule has 2 amide bonds. The first-order valence-corrected chi connectivity index (χ1v) is 31.5. The van der Waals surface area contributed by atoms with Crippen molar-refractivity contribution in [2.75, 3.05) is 26.4 Å². The van der Waals surface area contributed by atoms with Gasteiger partial charge < -0.3 is 100 Å². The van der Waals surface area contributed by atoms with Crippen LogP contribution in [-0.4, -0.2) is 216 Å². The molecule has 0 aromatic rings. The molecule has 3 saturated heterocycles. The molecule has 3 rings (SSSR count). The van der Waals surface area contributed by atoms with Gasteiger partial charge in [-0.05, 0) is 12.8 Å². The Kier molecular flexibility index (Phi) is 39.0. The van der Waals surface area contributed by atoms with Crippen LogP contribution in [-0.2, 0) is 38.0 Å². The summed E-state index contributed by atoms with van der Waals surface area (Å²) in [4.78, 5) is 25.8. The molecule has 3 fully saturated rings. The number of amides is 2. The second kappa shape index (κ2) is 42.9. The molecule has 3 aliphatic rings. The van der Waals surface area contributed by atoms with Gasteiger partial charge in [0.25, 0.3) is 0 Å². The Balaban J connectivity index is 1.68. The van der Waals surface area contributed by atoms with Crippen molar-refractivity contribution in [2.24, 2.45) is 0 Å². The van der Waals surface area contributed by atoms with Crippen molar-refractivity contribution in [1.29, 1.82) is 0 Å². The summed E-state index contributed by atoms with van der Waals surface area (Å²) in [6, 6.07) is -2.82. The standard InChI is InChI=1S/C59H112N2O20/c1-4-6-8-10-12-14-16-17-18-19-20-21-22-23-24-26-28-30-32-34-42(66)56(75)61-40(47(67)41(65)33-31-29-27-25-15-13-11-9-7-5-2)37-76-59-55(81-58-54(74)52(72)49(69)44(36-63)79-58)53(73)50(70)45(80-59)38-77-57-46(60-39(3)64)51(71)48(68)43(35-62)78-57/h40-55,57-59,62-63,65-74H,4-38H2,1-3H3,(H,60,64)(H,61,75). The number of nitrogens with one attached hydrogen (secondary N) is 2. The van der Waals surface area contributed by atoms with Crippen molar-refractivity contribution in [3.05, 3.63) is 0 Å². The summed E-state index contributed by atoms with van der Waals surface area (Å²) < 4.78 is 35.2. The molecule has 0 radical (unpaired) electrons. The molecule has 0 saturated carbocycles. The van der Waals surface area contributed by atoms with Crippen LogP contribution in [0.1, 0.15) is 220 Å². The Morgan fingerprint density at radius 2 is 0.877 bits per heavy atom. The quantitative estimate of drug-likeness (QED) is 0.0389. The van der Waals surface area contributed by atoms with E-state index in [-0.39, 0.29) is 12.8 Å². The van der Waals surface area contributed by atoms with Crippen LogP contribution in [0.3, 0.4) is 0 Å². The van der Waals surface area contributed by atoms with Gasteiger partial charge in [-0.15, -0.1) is 0 Å². The summed E-state index contributed by atoms with van der Waals surface area (Å²) in [7, 11) is 0. The Labute approximate surface area is 483 Å². The molecular weight excluding hydrogens is 1060 g/mol. The third kappa shape index (κ3) is 27.2. The number of carbonyl (C=O) groups is 2. The third-order valence-electron chi connectivity index (χ3n) is 16.3. The van der Waals surface area contributed by atoms with E-state index in [9.17, 15) is 70.9 Å². The Morgan fingerprint density at radius 3 is 1.33 bits per heavy atom. The molecule has 478 valence electrons. The van der Waals surface area contributed by atoms with Crippen molar-refractivity contribution in [2.45, 2.75) is 336 Å². The van der Waals surface area contributed by atoms with E-state index in [4.69, 9.17) is 28.4 Å². The minimum atomic E-state index is -2.01. The summed E-state index contributed by atoms with van der Waals surface area (Å²) >= 11 is 0. The summed E-state index contributed by atoms with van der Waals surface area (Å²) in [6.45, 7) is 2.63. The van der Waals surface area contributed by atoms with E-state index in [1.54, 1.807) is 0 Å². The molecular formula is C59H112N2O20. The van der Waals surface area contributed by atoms with Crippen molar-refractivity contribution in [3.63, 3.8) is 0 Å². The van der Waals surface area contributed by atoms with Gasteiger partial charge in [-0.3, -0.25) is 9.59 Å². The number of hydrogen-bond donors (Lipinski definition) is 14. The molecule has 0 aliphatic carbocycles. The average molecular weight is 1170 g/mol. The number of aliphatic hydroxyl groups excluding tert-OH is 12. The molecule has 22 heteroatoms. The first-order chi connectivity index (χ1) is 39.0. The molecule has 0 spiro atoms. The van der Waals surface area contributed by atoms with Crippen LogP contribution in [0.25, 0.3) is 0 Å². The highest BCUT2D eigenvalue weighted by molar-refractivity contribution is 5.80. The maximum absolute atomic E-state index is 13.7. The molecule has 0 bridgehead atoms. The van der Waals surface area contributed by atoms with Gasteiger partial charge in [0.2, 0.25) is 11.8 Å². The highest BCUT2D eigenvalue weighted by atomic mass is 16.8. The zero-order valence-electron chi connectivity index (χ0n) is 49.4. The average Bonchev–Trinajstić information content (AvgIpc) is 3.47. The maximum atomic E-state index is 13.7. The predicted molar refractivity (Wildman–Crippen MR) is 301 cm³/mol. The zero-order chi connectivity index (χ0) is 59.5. The lowest BCUT2D eigenvalue weighted by Gasteiger charge is -2.47. The van der Waals surface area contributed by atoms with Crippen LogP contribution in [0.5, 0.6) is 0 Å². The largest absolute Gasteiger partial charge is 0.394 e. The number of hydrogen-bond acceptors (Lipinski definition) is 20. The summed E-state index contributed by atoms with van der Waals surface area (Å²) in [5, 5.41) is 135. The van der Waals surface area contributed by atoms with E-state index in [0.29, 0.717) is 12.8 Å². The summed E-state index contributed by atoms with van der Waals surface area (Å²) in [6.07, 6.45) is 4.59. The summed E-state index contributed by atoms with van der Waals surface area (Å²) in [5.41, 5.74) is 0. The maximum Gasteiger partial charge on any atom is 0.249 e. The van der Waals surface area contributed by atoms with Crippen molar-refractivity contribution >= 4 is 11.8 Å². The lowest BCUT2D eigenvalue weighted by Crippen LogP contribution is -2.66. The highest BCUT2D eigenvalue weighted by Gasteiger charge is 2.52. The lowest BCUT2D eigenvalue weighted by atomic mass is 9.96. The first-order valence-electron chi connectivity index (χ1n) is 31.5. The zero-order valence-corrected chi connectivity index (χ0v) is 49.4.